The summed E-state index contributed by atoms with van der Waals surface area (Å²) in [6, 6.07) is 7.51. The Balaban J connectivity index is 1.61. The molecule has 1 N–H and O–H groups in total. The van der Waals surface area contributed by atoms with Gasteiger partial charge in [0.1, 0.15) is 5.75 Å². The maximum absolute atomic E-state index is 11.7. The highest BCUT2D eigenvalue weighted by Crippen LogP contribution is 2.18. The molecule has 1 amide bonds. The molecular formula is C14H16BrNO4. The predicted molar refractivity (Wildman–Crippen MR) is 76.6 cm³/mol. The minimum atomic E-state index is -0.826. The lowest BCUT2D eigenvalue weighted by molar-refractivity contribution is -0.152. The highest BCUT2D eigenvalue weighted by Gasteiger charge is 2.34. The smallest absolute Gasteiger partial charge is 0.310 e. The molecule has 0 bridgehead atoms. The molecule has 6 heteroatoms. The van der Waals surface area contributed by atoms with Crippen molar-refractivity contribution in [3.05, 3.63) is 28.7 Å². The van der Waals surface area contributed by atoms with E-state index in [0.717, 1.165) is 10.2 Å². The van der Waals surface area contributed by atoms with E-state index in [2.05, 4.69) is 15.9 Å². The van der Waals surface area contributed by atoms with Gasteiger partial charge < -0.3 is 14.7 Å². The number of ether oxygens (including phenoxy) is 1. The van der Waals surface area contributed by atoms with Crippen molar-refractivity contribution in [2.75, 3.05) is 19.7 Å². The number of nitrogens with zero attached hydrogens (tertiary/aromatic N) is 1. The number of carboxylic acid groups (broad SMARTS) is 1. The van der Waals surface area contributed by atoms with Crippen LogP contribution in [0.2, 0.25) is 0 Å². The van der Waals surface area contributed by atoms with Gasteiger partial charge in [0, 0.05) is 24.0 Å². The molecule has 2 rings (SSSR count). The molecule has 0 aromatic heterocycles. The highest BCUT2D eigenvalue weighted by molar-refractivity contribution is 9.10. The van der Waals surface area contributed by atoms with Gasteiger partial charge >= 0.3 is 5.97 Å². The fraction of sp³-hybridized carbons (Fsp3) is 0.429. The van der Waals surface area contributed by atoms with Crippen LogP contribution in [0.1, 0.15) is 12.8 Å². The Kier molecular flexibility index (Phi) is 5.00. The molecule has 0 saturated carbocycles. The van der Waals surface area contributed by atoms with Gasteiger partial charge in [-0.3, -0.25) is 9.59 Å². The Morgan fingerprint density at radius 1 is 1.30 bits per heavy atom. The second-order valence-corrected chi connectivity index (χ2v) is 5.66. The Labute approximate surface area is 125 Å². The summed E-state index contributed by atoms with van der Waals surface area (Å²) in [7, 11) is 0. The zero-order valence-electron chi connectivity index (χ0n) is 10.9. The molecule has 0 spiro atoms. The van der Waals surface area contributed by atoms with Crippen LogP contribution in [0, 0.1) is 5.92 Å². The van der Waals surface area contributed by atoms with Gasteiger partial charge in [0.15, 0.2) is 0 Å². The summed E-state index contributed by atoms with van der Waals surface area (Å²) in [5.74, 6) is -0.442. The van der Waals surface area contributed by atoms with Gasteiger partial charge in [-0.2, -0.15) is 0 Å². The zero-order valence-corrected chi connectivity index (χ0v) is 12.5. The van der Waals surface area contributed by atoms with Crippen molar-refractivity contribution in [2.24, 2.45) is 5.92 Å². The number of carboxylic acids is 1. The molecule has 1 fully saturated rings. The predicted octanol–water partition coefficient (Wildman–Crippen LogP) is 2.15. The fourth-order valence-corrected chi connectivity index (χ4v) is 2.21. The number of rotatable bonds is 6. The van der Waals surface area contributed by atoms with Gasteiger partial charge in [-0.15, -0.1) is 0 Å². The van der Waals surface area contributed by atoms with Crippen LogP contribution in [0.4, 0.5) is 0 Å². The first-order chi connectivity index (χ1) is 9.56. The van der Waals surface area contributed by atoms with Crippen LogP contribution < -0.4 is 4.74 Å². The summed E-state index contributed by atoms with van der Waals surface area (Å²) >= 11 is 3.34. The summed E-state index contributed by atoms with van der Waals surface area (Å²) in [6.45, 7) is 1.15. The number of amides is 1. The Morgan fingerprint density at radius 2 is 1.95 bits per heavy atom. The van der Waals surface area contributed by atoms with Crippen LogP contribution in [-0.4, -0.2) is 41.6 Å². The quantitative estimate of drug-likeness (QED) is 0.805. The van der Waals surface area contributed by atoms with Crippen molar-refractivity contribution in [2.45, 2.75) is 12.8 Å². The standard InChI is InChI=1S/C14H16BrNO4/c15-11-3-5-12(6-4-11)20-7-1-2-13(17)16-8-10(9-16)14(18)19/h3-6,10H,1-2,7-9H2,(H,18,19). The molecule has 1 aliphatic rings. The van der Waals surface area contributed by atoms with Crippen LogP contribution in [0.3, 0.4) is 0 Å². The topological polar surface area (TPSA) is 66.8 Å². The van der Waals surface area contributed by atoms with Gasteiger partial charge in [-0.1, -0.05) is 15.9 Å². The molecule has 1 heterocycles. The maximum Gasteiger partial charge on any atom is 0.310 e. The van der Waals surface area contributed by atoms with Crippen LogP contribution >= 0.6 is 15.9 Å². The molecule has 20 heavy (non-hydrogen) atoms. The van der Waals surface area contributed by atoms with Crippen molar-refractivity contribution in [3.63, 3.8) is 0 Å². The molecule has 108 valence electrons. The number of halogens is 1. The second-order valence-electron chi connectivity index (χ2n) is 4.74. The van der Waals surface area contributed by atoms with Crippen LogP contribution in [-0.2, 0) is 9.59 Å². The van der Waals surface area contributed by atoms with E-state index < -0.39 is 11.9 Å². The zero-order chi connectivity index (χ0) is 14.5. The van der Waals surface area contributed by atoms with Crippen LogP contribution in [0.15, 0.2) is 28.7 Å². The summed E-state index contributed by atoms with van der Waals surface area (Å²) in [4.78, 5) is 23.9. The number of carbonyl (C=O) groups excluding carboxylic acids is 1. The minimum Gasteiger partial charge on any atom is -0.494 e. The number of likely N-dealkylation sites (tertiary alicyclic amines) is 1. The first-order valence-electron chi connectivity index (χ1n) is 6.45. The molecule has 5 nitrogen and oxygen atoms in total. The van der Waals surface area contributed by atoms with Gasteiger partial charge in [0.25, 0.3) is 0 Å². The van der Waals surface area contributed by atoms with E-state index in [-0.39, 0.29) is 5.91 Å². The molecule has 1 aromatic rings. The lowest BCUT2D eigenvalue weighted by Crippen LogP contribution is -2.53. The number of carbonyl (C=O) groups is 2. The molecule has 0 unspecified atom stereocenters. The Bertz CT molecular complexity index is 482. The average molecular weight is 342 g/mol. The van der Waals surface area contributed by atoms with Crippen molar-refractivity contribution in [1.82, 2.24) is 4.90 Å². The largest absolute Gasteiger partial charge is 0.494 e. The van der Waals surface area contributed by atoms with E-state index in [1.54, 1.807) is 4.90 Å². The van der Waals surface area contributed by atoms with Gasteiger partial charge in [-0.25, -0.2) is 0 Å². The number of benzene rings is 1. The summed E-state index contributed by atoms with van der Waals surface area (Å²) in [6.07, 6.45) is 1.02. The van der Waals surface area contributed by atoms with Gasteiger partial charge in [-0.05, 0) is 30.7 Å². The first kappa shape index (κ1) is 14.8. The molecule has 1 aromatic carbocycles. The third-order valence-electron chi connectivity index (χ3n) is 3.20. The number of aliphatic carboxylic acids is 1. The summed E-state index contributed by atoms with van der Waals surface area (Å²) in [5, 5.41) is 8.73. The van der Waals surface area contributed by atoms with E-state index >= 15 is 0 Å². The van der Waals surface area contributed by atoms with Crippen LogP contribution in [0.25, 0.3) is 0 Å². The SMILES string of the molecule is O=C(O)C1CN(C(=O)CCCOc2ccc(Br)cc2)C1. The molecule has 1 saturated heterocycles. The van der Waals surface area contributed by atoms with E-state index in [4.69, 9.17) is 9.84 Å². The van der Waals surface area contributed by atoms with Gasteiger partial charge in [0.05, 0.1) is 12.5 Å². The summed E-state index contributed by atoms with van der Waals surface area (Å²) in [5.41, 5.74) is 0. The van der Waals surface area contributed by atoms with Crippen molar-refractivity contribution in [1.29, 1.82) is 0 Å². The van der Waals surface area contributed by atoms with E-state index in [1.165, 1.54) is 0 Å². The van der Waals surface area contributed by atoms with E-state index in [1.807, 2.05) is 24.3 Å². The second kappa shape index (κ2) is 6.74. The molecular weight excluding hydrogens is 326 g/mol. The number of hydrogen-bond donors (Lipinski definition) is 1. The van der Waals surface area contributed by atoms with E-state index in [0.29, 0.717) is 32.5 Å². The molecule has 0 radical (unpaired) electrons. The fourth-order valence-electron chi connectivity index (χ4n) is 1.94. The van der Waals surface area contributed by atoms with Gasteiger partial charge in [0.2, 0.25) is 5.91 Å². The van der Waals surface area contributed by atoms with Crippen molar-refractivity contribution in [3.8, 4) is 5.75 Å². The normalized spacial score (nSPS) is 14.8. The average Bonchev–Trinajstić information content (AvgIpc) is 2.34. The third-order valence-corrected chi connectivity index (χ3v) is 3.73. The maximum atomic E-state index is 11.7. The lowest BCUT2D eigenvalue weighted by Gasteiger charge is -2.36. The number of hydrogen-bond acceptors (Lipinski definition) is 3. The van der Waals surface area contributed by atoms with Crippen LogP contribution in [0.5, 0.6) is 5.75 Å². The molecule has 0 aliphatic carbocycles. The summed E-state index contributed by atoms with van der Waals surface area (Å²) < 4.78 is 6.51. The van der Waals surface area contributed by atoms with E-state index in [9.17, 15) is 9.59 Å². The lowest BCUT2D eigenvalue weighted by atomic mass is 10.00. The molecule has 1 aliphatic heterocycles. The minimum absolute atomic E-state index is 0.00176. The Hall–Kier alpha value is -1.56. The van der Waals surface area contributed by atoms with Crippen molar-refractivity contribution >= 4 is 27.8 Å². The monoisotopic (exact) mass is 341 g/mol. The molecule has 0 atom stereocenters. The highest BCUT2D eigenvalue weighted by atomic mass is 79.9. The van der Waals surface area contributed by atoms with Crippen molar-refractivity contribution < 1.29 is 19.4 Å². The Morgan fingerprint density at radius 3 is 2.55 bits per heavy atom. The third kappa shape index (κ3) is 3.96. The first-order valence-corrected chi connectivity index (χ1v) is 7.24.